The van der Waals surface area contributed by atoms with Crippen LogP contribution in [0.2, 0.25) is 0 Å². The number of hydrazone groups is 1. The van der Waals surface area contributed by atoms with Crippen LogP contribution in [0.25, 0.3) is 10.9 Å². The van der Waals surface area contributed by atoms with Crippen molar-refractivity contribution < 1.29 is 4.79 Å². The molecule has 0 aliphatic rings. The predicted molar refractivity (Wildman–Crippen MR) is 98.6 cm³/mol. The molecule has 0 spiro atoms. The van der Waals surface area contributed by atoms with Crippen molar-refractivity contribution in [2.45, 2.75) is 19.8 Å². The van der Waals surface area contributed by atoms with Crippen LogP contribution < -0.4 is 5.43 Å². The molecule has 0 unspecified atom stereocenters. The Labute approximate surface area is 146 Å². The van der Waals surface area contributed by atoms with Gasteiger partial charge < -0.3 is 4.98 Å². The zero-order chi connectivity index (χ0) is 17.8. The number of benzene rings is 2. The summed E-state index contributed by atoms with van der Waals surface area (Å²) in [6.45, 7) is 4.12. The summed E-state index contributed by atoms with van der Waals surface area (Å²) in [7, 11) is 0. The van der Waals surface area contributed by atoms with Crippen LogP contribution in [0.4, 0.5) is 0 Å². The van der Waals surface area contributed by atoms with E-state index in [9.17, 15) is 4.79 Å². The minimum atomic E-state index is -0.273. The van der Waals surface area contributed by atoms with Crippen LogP contribution in [-0.4, -0.2) is 17.1 Å². The van der Waals surface area contributed by atoms with Gasteiger partial charge in [0.25, 0.3) is 5.91 Å². The van der Waals surface area contributed by atoms with Crippen molar-refractivity contribution in [3.63, 3.8) is 0 Å². The van der Waals surface area contributed by atoms with Gasteiger partial charge in [0.2, 0.25) is 0 Å². The maximum Gasteiger partial charge on any atom is 0.288 e. The highest BCUT2D eigenvalue weighted by Crippen LogP contribution is 2.28. The third-order valence-electron chi connectivity index (χ3n) is 3.97. The maximum absolute atomic E-state index is 12.5. The van der Waals surface area contributed by atoms with Crippen LogP contribution in [0, 0.1) is 11.3 Å². The number of nitrogens with zero attached hydrogens (tertiary/aromatic N) is 2. The Morgan fingerprint density at radius 3 is 2.60 bits per heavy atom. The van der Waals surface area contributed by atoms with E-state index in [1.165, 1.54) is 0 Å². The van der Waals surface area contributed by atoms with E-state index in [1.807, 2.05) is 24.3 Å². The molecule has 0 aliphatic carbocycles. The summed E-state index contributed by atoms with van der Waals surface area (Å²) in [6.07, 6.45) is 1.55. The molecule has 5 nitrogen and oxygen atoms in total. The number of para-hydroxylation sites is 1. The van der Waals surface area contributed by atoms with Gasteiger partial charge in [0.1, 0.15) is 5.69 Å². The molecule has 1 amide bonds. The molecular formula is C20H18N4O. The van der Waals surface area contributed by atoms with Crippen molar-refractivity contribution >= 4 is 23.0 Å². The number of aromatic amines is 1. The Balaban J connectivity index is 1.81. The second kappa shape index (κ2) is 7.02. The summed E-state index contributed by atoms with van der Waals surface area (Å²) in [5.74, 6) is -0.0656. The summed E-state index contributed by atoms with van der Waals surface area (Å²) in [6, 6.07) is 16.9. The second-order valence-electron chi connectivity index (χ2n) is 6.05. The zero-order valence-electron chi connectivity index (χ0n) is 14.1. The van der Waals surface area contributed by atoms with Crippen LogP contribution >= 0.6 is 0 Å². The number of amides is 1. The largest absolute Gasteiger partial charge is 0.350 e. The van der Waals surface area contributed by atoms with Crippen molar-refractivity contribution in [3.8, 4) is 6.07 Å². The molecule has 3 rings (SSSR count). The number of hydrogen-bond donors (Lipinski definition) is 2. The van der Waals surface area contributed by atoms with Crippen molar-refractivity contribution in [2.75, 3.05) is 0 Å². The normalized spacial score (nSPS) is 11.1. The average Bonchev–Trinajstić information content (AvgIpc) is 3.02. The van der Waals surface area contributed by atoms with Crippen LogP contribution in [0.5, 0.6) is 0 Å². The van der Waals surface area contributed by atoms with Gasteiger partial charge in [-0.1, -0.05) is 44.2 Å². The second-order valence-corrected chi connectivity index (χ2v) is 6.05. The summed E-state index contributed by atoms with van der Waals surface area (Å²) in [4.78, 5) is 15.7. The Hall–Kier alpha value is -3.39. The molecular weight excluding hydrogens is 312 g/mol. The van der Waals surface area contributed by atoms with E-state index in [1.54, 1.807) is 30.5 Å². The van der Waals surface area contributed by atoms with Crippen molar-refractivity contribution in [1.82, 2.24) is 10.4 Å². The van der Waals surface area contributed by atoms with Gasteiger partial charge in [-0.2, -0.15) is 10.4 Å². The van der Waals surface area contributed by atoms with E-state index >= 15 is 0 Å². The van der Waals surface area contributed by atoms with Crippen LogP contribution in [0.15, 0.2) is 53.6 Å². The molecule has 0 saturated heterocycles. The predicted octanol–water partition coefficient (Wildman–Crippen LogP) is 3.93. The van der Waals surface area contributed by atoms with Crippen molar-refractivity contribution in [3.05, 3.63) is 70.9 Å². The number of fused-ring (bicyclic) bond motifs is 1. The lowest BCUT2D eigenvalue weighted by atomic mass is 9.99. The van der Waals surface area contributed by atoms with Gasteiger partial charge >= 0.3 is 0 Å². The quantitative estimate of drug-likeness (QED) is 0.561. The molecule has 3 aromatic rings. The highest BCUT2D eigenvalue weighted by molar-refractivity contribution is 6.01. The Kier molecular flexibility index (Phi) is 4.62. The molecule has 0 fully saturated rings. The lowest BCUT2D eigenvalue weighted by Gasteiger charge is -2.07. The SMILES string of the molecule is CC(C)c1c(C(=O)NN=Cc2ccc(C#N)cc2)[nH]c2ccccc12. The first-order valence-corrected chi connectivity index (χ1v) is 8.04. The molecule has 25 heavy (non-hydrogen) atoms. The molecule has 5 heteroatoms. The van der Waals surface area contributed by atoms with E-state index < -0.39 is 0 Å². The number of carbonyl (C=O) groups excluding carboxylic acids is 1. The highest BCUT2D eigenvalue weighted by atomic mass is 16.2. The number of carbonyl (C=O) groups is 1. The summed E-state index contributed by atoms with van der Waals surface area (Å²) >= 11 is 0. The molecule has 0 saturated carbocycles. The van der Waals surface area contributed by atoms with Gasteiger partial charge in [0.05, 0.1) is 17.8 Å². The van der Waals surface area contributed by atoms with Gasteiger partial charge in [-0.05, 0) is 35.2 Å². The number of H-pyrrole nitrogens is 1. The average molecular weight is 330 g/mol. The minimum absolute atomic E-state index is 0.208. The standard InChI is InChI=1S/C20H18N4O/c1-13(2)18-16-5-3-4-6-17(16)23-19(18)20(25)24-22-12-15-9-7-14(11-21)8-10-15/h3-10,12-13,23H,1-2H3,(H,24,25). The molecule has 1 heterocycles. The molecule has 1 aromatic heterocycles. The Morgan fingerprint density at radius 2 is 1.92 bits per heavy atom. The summed E-state index contributed by atoms with van der Waals surface area (Å²) in [5, 5.41) is 13.9. The first kappa shape index (κ1) is 16.5. The van der Waals surface area contributed by atoms with Crippen molar-refractivity contribution in [2.24, 2.45) is 5.10 Å². The van der Waals surface area contributed by atoms with E-state index in [4.69, 9.17) is 5.26 Å². The fourth-order valence-corrected chi connectivity index (χ4v) is 2.81. The fraction of sp³-hybridized carbons (Fsp3) is 0.150. The number of nitriles is 1. The summed E-state index contributed by atoms with van der Waals surface area (Å²) in [5.41, 5.74) is 6.42. The van der Waals surface area contributed by atoms with Crippen LogP contribution in [-0.2, 0) is 0 Å². The smallest absolute Gasteiger partial charge is 0.288 e. The van der Waals surface area contributed by atoms with Gasteiger partial charge in [-0.15, -0.1) is 0 Å². The van der Waals surface area contributed by atoms with Gasteiger partial charge in [0.15, 0.2) is 0 Å². The Bertz CT molecular complexity index is 975. The van der Waals surface area contributed by atoms with E-state index in [-0.39, 0.29) is 11.8 Å². The molecule has 124 valence electrons. The zero-order valence-corrected chi connectivity index (χ0v) is 14.1. The van der Waals surface area contributed by atoms with E-state index in [2.05, 4.69) is 35.4 Å². The van der Waals surface area contributed by atoms with Gasteiger partial charge in [0, 0.05) is 10.9 Å². The minimum Gasteiger partial charge on any atom is -0.350 e. The third kappa shape index (κ3) is 3.43. The van der Waals surface area contributed by atoms with Crippen molar-refractivity contribution in [1.29, 1.82) is 5.26 Å². The maximum atomic E-state index is 12.5. The van der Waals surface area contributed by atoms with Crippen LogP contribution in [0.3, 0.4) is 0 Å². The first-order valence-electron chi connectivity index (χ1n) is 8.04. The Morgan fingerprint density at radius 1 is 1.20 bits per heavy atom. The number of nitrogens with one attached hydrogen (secondary N) is 2. The molecule has 0 aliphatic heterocycles. The number of hydrogen-bond acceptors (Lipinski definition) is 3. The third-order valence-corrected chi connectivity index (χ3v) is 3.97. The molecule has 0 atom stereocenters. The van der Waals surface area contributed by atoms with E-state index in [0.29, 0.717) is 11.3 Å². The topological polar surface area (TPSA) is 81.0 Å². The molecule has 2 aromatic carbocycles. The molecule has 0 bridgehead atoms. The van der Waals surface area contributed by atoms with Crippen LogP contribution in [0.1, 0.15) is 46.9 Å². The number of rotatable bonds is 4. The lowest BCUT2D eigenvalue weighted by molar-refractivity contribution is 0.0949. The molecule has 2 N–H and O–H groups in total. The fourth-order valence-electron chi connectivity index (χ4n) is 2.81. The monoisotopic (exact) mass is 330 g/mol. The highest BCUT2D eigenvalue weighted by Gasteiger charge is 2.19. The first-order chi connectivity index (χ1) is 12.1. The van der Waals surface area contributed by atoms with Gasteiger partial charge in [-0.3, -0.25) is 4.79 Å². The molecule has 0 radical (unpaired) electrons. The lowest BCUT2D eigenvalue weighted by Crippen LogP contribution is -2.19. The van der Waals surface area contributed by atoms with Gasteiger partial charge in [-0.25, -0.2) is 5.43 Å². The summed E-state index contributed by atoms with van der Waals surface area (Å²) < 4.78 is 0. The van der Waals surface area contributed by atoms with E-state index in [0.717, 1.165) is 22.0 Å². The number of aromatic nitrogens is 1.